The number of aromatic nitrogens is 1. The molecule has 47 heavy (non-hydrogen) atoms. The molecule has 1 fully saturated rings. The van der Waals surface area contributed by atoms with Gasteiger partial charge in [0, 0.05) is 34.2 Å². The van der Waals surface area contributed by atoms with Crippen molar-refractivity contribution in [3.05, 3.63) is 36.0 Å². The van der Waals surface area contributed by atoms with Gasteiger partial charge >= 0.3 is 15.6 Å². The van der Waals surface area contributed by atoms with E-state index in [0.717, 1.165) is 18.4 Å². The monoisotopic (exact) mass is 713 g/mol. The van der Waals surface area contributed by atoms with Crippen molar-refractivity contribution in [2.24, 2.45) is 0 Å². The fraction of sp³-hybridized carbons (Fsp3) is 0.781. The molecule has 0 N–H and O–H groups in total. The quantitative estimate of drug-likeness (QED) is 0.0645. The molecular weight excluding hydrogens is 659 g/mol. The smallest absolute Gasteiger partial charge is 0.445 e. The lowest BCUT2D eigenvalue weighted by atomic mass is 9.92. The maximum absolute atomic E-state index is 12.9. The van der Waals surface area contributed by atoms with Crippen LogP contribution in [0.1, 0.15) is 87.0 Å². The van der Waals surface area contributed by atoms with Crippen LogP contribution in [0.15, 0.2) is 34.5 Å². The lowest BCUT2D eigenvalue weighted by Gasteiger charge is -2.49. The Balaban J connectivity index is 2.56. The fourth-order valence-electron chi connectivity index (χ4n) is 6.58. The molecule has 1 aromatic heterocycles. The SMILES string of the molecule is CCC[C@H](/C=C/C(C)=C/[C@@H](O[Si](C(C)C)(C(C)C)C(C)C)[C@H]1C[C@@H](OC)C[C@](Cc2nc(OS(=O)(=O)C(F)(F)F)co2)(OC)O1)OC. The van der Waals surface area contributed by atoms with E-state index in [0.29, 0.717) is 12.7 Å². The number of rotatable bonds is 18. The van der Waals surface area contributed by atoms with Crippen molar-refractivity contribution in [1.82, 2.24) is 4.98 Å². The predicted octanol–water partition coefficient (Wildman–Crippen LogP) is 7.86. The third kappa shape index (κ3) is 10.6. The zero-order valence-corrected chi connectivity index (χ0v) is 31.4. The summed E-state index contributed by atoms with van der Waals surface area (Å²) in [7, 11) is -3.67. The molecule has 1 aliphatic heterocycles. The highest BCUT2D eigenvalue weighted by molar-refractivity contribution is 7.87. The maximum atomic E-state index is 12.9. The van der Waals surface area contributed by atoms with Crippen LogP contribution in [0.25, 0.3) is 0 Å². The predicted molar refractivity (Wildman–Crippen MR) is 175 cm³/mol. The van der Waals surface area contributed by atoms with Crippen LogP contribution >= 0.6 is 0 Å². The molecule has 272 valence electrons. The Morgan fingerprint density at radius 1 is 1.13 bits per heavy atom. The van der Waals surface area contributed by atoms with Gasteiger partial charge in [0.2, 0.25) is 14.2 Å². The van der Waals surface area contributed by atoms with E-state index in [-0.39, 0.29) is 47.6 Å². The molecule has 1 saturated heterocycles. The second-order valence-electron chi connectivity index (χ2n) is 13.0. The Morgan fingerprint density at radius 3 is 2.23 bits per heavy atom. The summed E-state index contributed by atoms with van der Waals surface area (Å²) in [6.07, 6.45) is 7.76. The molecule has 2 heterocycles. The van der Waals surface area contributed by atoms with Crippen LogP contribution in [0.3, 0.4) is 0 Å². The lowest BCUT2D eigenvalue weighted by Crippen LogP contribution is -2.57. The van der Waals surface area contributed by atoms with Crippen molar-refractivity contribution in [3.63, 3.8) is 0 Å². The number of hydrogen-bond acceptors (Lipinski definition) is 10. The van der Waals surface area contributed by atoms with E-state index in [4.69, 9.17) is 27.8 Å². The van der Waals surface area contributed by atoms with Gasteiger partial charge in [-0.25, -0.2) is 0 Å². The number of allylic oxidation sites excluding steroid dienone is 2. The Morgan fingerprint density at radius 2 is 1.74 bits per heavy atom. The van der Waals surface area contributed by atoms with Gasteiger partial charge in [0.1, 0.15) is 0 Å². The van der Waals surface area contributed by atoms with Gasteiger partial charge in [0.25, 0.3) is 5.88 Å². The molecule has 0 unspecified atom stereocenters. The Hall–Kier alpha value is -1.75. The van der Waals surface area contributed by atoms with E-state index in [2.05, 4.69) is 63.7 Å². The molecule has 0 spiro atoms. The van der Waals surface area contributed by atoms with Gasteiger partial charge in [-0.2, -0.15) is 26.6 Å². The number of alkyl halides is 3. The summed E-state index contributed by atoms with van der Waals surface area (Å²) in [5.41, 5.74) is -3.82. The first kappa shape index (κ1) is 41.4. The molecular formula is C32H54F3NO9SSi. The highest BCUT2D eigenvalue weighted by Gasteiger charge is 2.52. The Kier molecular flexibility index (Phi) is 15.2. The number of nitrogens with zero attached hydrogens (tertiary/aromatic N) is 1. The van der Waals surface area contributed by atoms with Gasteiger partial charge in [-0.3, -0.25) is 0 Å². The molecule has 0 aliphatic carbocycles. The van der Waals surface area contributed by atoms with E-state index in [9.17, 15) is 21.6 Å². The zero-order chi connectivity index (χ0) is 35.8. The zero-order valence-electron chi connectivity index (χ0n) is 29.5. The first-order valence-corrected chi connectivity index (χ1v) is 19.6. The van der Waals surface area contributed by atoms with Crippen LogP contribution in [0.5, 0.6) is 5.88 Å². The van der Waals surface area contributed by atoms with Crippen molar-refractivity contribution < 1.29 is 53.6 Å². The van der Waals surface area contributed by atoms with Crippen LogP contribution < -0.4 is 4.18 Å². The molecule has 0 amide bonds. The van der Waals surface area contributed by atoms with Crippen molar-refractivity contribution >= 4 is 18.4 Å². The van der Waals surface area contributed by atoms with Crippen LogP contribution in [0.4, 0.5) is 13.2 Å². The summed E-state index contributed by atoms with van der Waals surface area (Å²) >= 11 is 0. The fourth-order valence-corrected chi connectivity index (χ4v) is 12.5. The molecule has 0 radical (unpaired) electrons. The number of halogens is 3. The Labute approximate surface area is 279 Å². The lowest BCUT2D eigenvalue weighted by molar-refractivity contribution is -0.297. The molecule has 1 aromatic rings. The summed E-state index contributed by atoms with van der Waals surface area (Å²) in [4.78, 5) is 3.83. The highest BCUT2D eigenvalue weighted by Crippen LogP contribution is 2.45. The van der Waals surface area contributed by atoms with Gasteiger partial charge < -0.3 is 32.0 Å². The van der Waals surface area contributed by atoms with E-state index in [1.165, 1.54) is 7.11 Å². The standard InChI is InChI=1S/C32H54F3NO9SSi/c1-12-13-25(39-9)15-14-24(8)16-28(45-47(21(2)3,22(4)5)23(6)7)27-17-26(40-10)18-31(41-11,43-27)19-29-36-30(20-42-29)44-46(37,38)32(33,34)35/h14-16,20-23,25-28H,12-13,17-19H2,1-11H3/b15-14+,24-16+/t25-,26-,27-,28-,31+/m1/s1. The third-order valence-electron chi connectivity index (χ3n) is 8.83. The first-order valence-electron chi connectivity index (χ1n) is 16.1. The average molecular weight is 714 g/mol. The summed E-state index contributed by atoms with van der Waals surface area (Å²) in [6.45, 7) is 17.3. The van der Waals surface area contributed by atoms with Crippen molar-refractivity contribution in [1.29, 1.82) is 0 Å². The molecule has 0 bridgehead atoms. The van der Waals surface area contributed by atoms with Crippen molar-refractivity contribution in [3.8, 4) is 5.88 Å². The summed E-state index contributed by atoms with van der Waals surface area (Å²) in [5.74, 6) is -2.39. The first-order chi connectivity index (χ1) is 21.8. The van der Waals surface area contributed by atoms with Gasteiger partial charge in [-0.15, -0.1) is 0 Å². The number of methoxy groups -OCH3 is 3. The Bertz CT molecular complexity index is 1260. The molecule has 0 saturated carbocycles. The molecule has 15 heteroatoms. The maximum Gasteiger partial charge on any atom is 0.534 e. The van der Waals surface area contributed by atoms with Gasteiger partial charge in [0.05, 0.1) is 30.8 Å². The summed E-state index contributed by atoms with van der Waals surface area (Å²) in [5, 5.41) is 0. The molecule has 10 nitrogen and oxygen atoms in total. The number of ether oxygens (including phenoxy) is 4. The largest absolute Gasteiger partial charge is 0.534 e. The normalized spacial score (nSPS) is 23.3. The van der Waals surface area contributed by atoms with Crippen molar-refractivity contribution in [2.45, 2.75) is 140 Å². The topological polar surface area (TPSA) is 116 Å². The average Bonchev–Trinajstić information content (AvgIpc) is 3.41. The number of oxazole rings is 1. The molecule has 5 atom stereocenters. The van der Waals surface area contributed by atoms with Gasteiger partial charge in [-0.1, -0.05) is 78.7 Å². The summed E-state index contributed by atoms with van der Waals surface area (Å²) < 4.78 is 102. The van der Waals surface area contributed by atoms with E-state index >= 15 is 0 Å². The second-order valence-corrected chi connectivity index (χ2v) is 20.0. The van der Waals surface area contributed by atoms with E-state index in [1.54, 1.807) is 14.2 Å². The summed E-state index contributed by atoms with van der Waals surface area (Å²) in [6, 6.07) is 0. The van der Waals surface area contributed by atoms with E-state index in [1.807, 2.05) is 19.1 Å². The van der Waals surface area contributed by atoms with Crippen LogP contribution in [-0.4, -0.2) is 78.8 Å². The van der Waals surface area contributed by atoms with Gasteiger partial charge in [-0.05, 0) is 30.0 Å². The van der Waals surface area contributed by atoms with Crippen molar-refractivity contribution in [2.75, 3.05) is 21.3 Å². The van der Waals surface area contributed by atoms with Gasteiger partial charge in [0.15, 0.2) is 12.1 Å². The molecule has 2 rings (SSSR count). The third-order valence-corrected chi connectivity index (χ3v) is 15.9. The minimum absolute atomic E-state index is 0.0242. The number of hydrogen-bond donors (Lipinski definition) is 0. The van der Waals surface area contributed by atoms with Crippen LogP contribution in [0, 0.1) is 0 Å². The second kappa shape index (κ2) is 17.3. The molecule has 0 aromatic carbocycles. The van der Waals surface area contributed by atoms with Crippen LogP contribution in [0.2, 0.25) is 16.6 Å². The van der Waals surface area contributed by atoms with Crippen LogP contribution in [-0.2, 0) is 39.9 Å². The molecule has 1 aliphatic rings. The highest BCUT2D eigenvalue weighted by atomic mass is 32.2. The minimum Gasteiger partial charge on any atom is -0.445 e. The van der Waals surface area contributed by atoms with E-state index < -0.39 is 47.8 Å². The minimum atomic E-state index is -5.93.